The highest BCUT2D eigenvalue weighted by atomic mass is 79.9. The van der Waals surface area contributed by atoms with E-state index in [0.29, 0.717) is 0 Å². The molecular formula is C9H14BrNS2. The van der Waals surface area contributed by atoms with E-state index in [4.69, 9.17) is 5.73 Å². The molecule has 0 aliphatic heterocycles. The molecule has 2 N–H and O–H groups in total. The first-order valence-corrected chi connectivity index (χ1v) is 6.90. The van der Waals surface area contributed by atoms with E-state index in [2.05, 4.69) is 41.2 Å². The Balaban J connectivity index is 2.28. The van der Waals surface area contributed by atoms with Crippen LogP contribution >= 0.6 is 39.0 Å². The lowest BCUT2D eigenvalue weighted by molar-refractivity contribution is 0.591. The number of halogens is 1. The minimum atomic E-state index is -0.0576. The van der Waals surface area contributed by atoms with Crippen LogP contribution in [0.2, 0.25) is 0 Å². The molecule has 1 aromatic heterocycles. The van der Waals surface area contributed by atoms with Crippen LogP contribution in [-0.2, 0) is 5.75 Å². The Morgan fingerprint density at radius 1 is 1.62 bits per heavy atom. The summed E-state index contributed by atoms with van der Waals surface area (Å²) >= 11 is 7.07. The van der Waals surface area contributed by atoms with Crippen LogP contribution in [0.4, 0.5) is 0 Å². The maximum Gasteiger partial charge on any atom is 0.0701 e. The van der Waals surface area contributed by atoms with Gasteiger partial charge in [0.15, 0.2) is 0 Å². The maximum absolute atomic E-state index is 5.88. The van der Waals surface area contributed by atoms with E-state index in [1.165, 1.54) is 9.35 Å². The topological polar surface area (TPSA) is 26.0 Å². The number of hydrogen-bond donors (Lipinski definition) is 1. The number of thiophene rings is 1. The molecule has 1 aromatic rings. The van der Waals surface area contributed by atoms with Crippen molar-refractivity contribution in [1.29, 1.82) is 0 Å². The van der Waals surface area contributed by atoms with Gasteiger partial charge in [-0.25, -0.2) is 0 Å². The van der Waals surface area contributed by atoms with E-state index in [9.17, 15) is 0 Å². The molecule has 1 nitrogen and oxygen atoms in total. The summed E-state index contributed by atoms with van der Waals surface area (Å²) in [6.07, 6.45) is 0. The van der Waals surface area contributed by atoms with Crippen LogP contribution in [0.3, 0.4) is 0 Å². The van der Waals surface area contributed by atoms with Crippen LogP contribution in [0.1, 0.15) is 19.4 Å². The van der Waals surface area contributed by atoms with Crippen molar-refractivity contribution < 1.29 is 0 Å². The molecule has 0 aliphatic carbocycles. The first-order chi connectivity index (χ1) is 5.97. The lowest BCUT2D eigenvalue weighted by Crippen LogP contribution is -2.34. The Morgan fingerprint density at radius 2 is 2.31 bits per heavy atom. The molecular weight excluding hydrogens is 266 g/mol. The second kappa shape index (κ2) is 4.82. The van der Waals surface area contributed by atoms with Gasteiger partial charge in [-0.2, -0.15) is 11.8 Å². The van der Waals surface area contributed by atoms with Gasteiger partial charge in [-0.15, -0.1) is 11.3 Å². The molecule has 74 valence electrons. The van der Waals surface area contributed by atoms with Gasteiger partial charge in [-0.3, -0.25) is 0 Å². The number of rotatable bonds is 4. The van der Waals surface area contributed by atoms with Gasteiger partial charge in [0.25, 0.3) is 0 Å². The Morgan fingerprint density at radius 3 is 2.77 bits per heavy atom. The summed E-state index contributed by atoms with van der Waals surface area (Å²) in [5.41, 5.74) is 7.20. The van der Waals surface area contributed by atoms with Crippen molar-refractivity contribution in [2.24, 2.45) is 5.73 Å². The van der Waals surface area contributed by atoms with E-state index < -0.39 is 0 Å². The van der Waals surface area contributed by atoms with Gasteiger partial charge in [0, 0.05) is 17.0 Å². The van der Waals surface area contributed by atoms with Crippen LogP contribution < -0.4 is 5.73 Å². The summed E-state index contributed by atoms with van der Waals surface area (Å²) in [6, 6.07) is 2.17. The quantitative estimate of drug-likeness (QED) is 0.913. The van der Waals surface area contributed by atoms with Crippen molar-refractivity contribution in [3.05, 3.63) is 20.8 Å². The lowest BCUT2D eigenvalue weighted by atomic mass is 10.1. The molecule has 0 spiro atoms. The minimum absolute atomic E-state index is 0.0576. The molecule has 0 fully saturated rings. The Kier molecular flexibility index (Phi) is 4.29. The van der Waals surface area contributed by atoms with E-state index in [-0.39, 0.29) is 5.54 Å². The van der Waals surface area contributed by atoms with Crippen LogP contribution in [-0.4, -0.2) is 11.3 Å². The van der Waals surface area contributed by atoms with Gasteiger partial charge in [-0.05, 0) is 46.8 Å². The third-order valence-electron chi connectivity index (χ3n) is 1.36. The van der Waals surface area contributed by atoms with Gasteiger partial charge in [0.05, 0.1) is 3.79 Å². The minimum Gasteiger partial charge on any atom is -0.325 e. The summed E-state index contributed by atoms with van der Waals surface area (Å²) in [5, 5.41) is 2.18. The standard InChI is InChI=1S/C9H14BrNS2/c1-9(2,11)6-12-4-7-3-8(10)13-5-7/h3,5H,4,6,11H2,1-2H3. The first kappa shape index (κ1) is 11.6. The predicted octanol–water partition coefficient (Wildman–Crippen LogP) is 3.48. The van der Waals surface area contributed by atoms with Crippen molar-refractivity contribution in [2.45, 2.75) is 25.1 Å². The number of thioether (sulfide) groups is 1. The van der Waals surface area contributed by atoms with Crippen molar-refractivity contribution in [3.8, 4) is 0 Å². The predicted molar refractivity (Wildman–Crippen MR) is 66.4 cm³/mol. The molecule has 0 saturated heterocycles. The van der Waals surface area contributed by atoms with Crippen molar-refractivity contribution in [2.75, 3.05) is 5.75 Å². The highest BCUT2D eigenvalue weighted by Gasteiger charge is 2.10. The van der Waals surface area contributed by atoms with E-state index in [1.807, 2.05) is 11.8 Å². The molecule has 0 unspecified atom stereocenters. The van der Waals surface area contributed by atoms with E-state index >= 15 is 0 Å². The van der Waals surface area contributed by atoms with Gasteiger partial charge in [0.2, 0.25) is 0 Å². The van der Waals surface area contributed by atoms with Gasteiger partial charge in [-0.1, -0.05) is 0 Å². The molecule has 0 saturated carbocycles. The molecule has 0 atom stereocenters. The normalized spacial score (nSPS) is 12.0. The summed E-state index contributed by atoms with van der Waals surface area (Å²) < 4.78 is 1.20. The molecule has 0 bridgehead atoms. The van der Waals surface area contributed by atoms with Crippen molar-refractivity contribution in [3.63, 3.8) is 0 Å². The monoisotopic (exact) mass is 279 g/mol. The average Bonchev–Trinajstić information content (AvgIpc) is 2.33. The summed E-state index contributed by atoms with van der Waals surface area (Å²) in [6.45, 7) is 4.12. The van der Waals surface area contributed by atoms with E-state index in [1.54, 1.807) is 11.3 Å². The van der Waals surface area contributed by atoms with Crippen LogP contribution in [0.15, 0.2) is 15.2 Å². The van der Waals surface area contributed by atoms with Gasteiger partial charge < -0.3 is 5.73 Å². The second-order valence-electron chi connectivity index (χ2n) is 3.74. The molecule has 0 radical (unpaired) electrons. The fourth-order valence-electron chi connectivity index (χ4n) is 0.853. The zero-order valence-corrected chi connectivity index (χ0v) is 11.1. The highest BCUT2D eigenvalue weighted by Crippen LogP contribution is 2.24. The maximum atomic E-state index is 5.88. The highest BCUT2D eigenvalue weighted by molar-refractivity contribution is 9.11. The molecule has 4 heteroatoms. The Hall–Kier alpha value is 0.490. The zero-order chi connectivity index (χ0) is 9.90. The van der Waals surface area contributed by atoms with Crippen LogP contribution in [0, 0.1) is 0 Å². The Labute approximate surface area is 96.2 Å². The molecule has 0 amide bonds. The average molecular weight is 280 g/mol. The second-order valence-corrected chi connectivity index (χ2v) is 7.02. The molecule has 0 aliphatic rings. The third kappa shape index (κ3) is 5.05. The first-order valence-electron chi connectivity index (χ1n) is 4.07. The van der Waals surface area contributed by atoms with E-state index in [0.717, 1.165) is 11.5 Å². The molecule has 13 heavy (non-hydrogen) atoms. The van der Waals surface area contributed by atoms with Crippen molar-refractivity contribution >= 4 is 39.0 Å². The van der Waals surface area contributed by atoms with Gasteiger partial charge >= 0.3 is 0 Å². The zero-order valence-electron chi connectivity index (χ0n) is 7.84. The van der Waals surface area contributed by atoms with Crippen molar-refractivity contribution in [1.82, 2.24) is 0 Å². The van der Waals surface area contributed by atoms with Crippen LogP contribution in [0.5, 0.6) is 0 Å². The largest absolute Gasteiger partial charge is 0.325 e. The fourth-order valence-corrected chi connectivity index (χ4v) is 3.20. The number of hydrogen-bond acceptors (Lipinski definition) is 3. The third-order valence-corrected chi connectivity index (χ3v) is 4.40. The van der Waals surface area contributed by atoms with Crippen LogP contribution in [0.25, 0.3) is 0 Å². The molecule has 1 rings (SSSR count). The summed E-state index contributed by atoms with van der Waals surface area (Å²) in [4.78, 5) is 0. The summed E-state index contributed by atoms with van der Waals surface area (Å²) in [5.74, 6) is 2.06. The number of nitrogens with two attached hydrogens (primary N) is 1. The molecule has 0 aromatic carbocycles. The van der Waals surface area contributed by atoms with Gasteiger partial charge in [0.1, 0.15) is 0 Å². The molecule has 1 heterocycles. The lowest BCUT2D eigenvalue weighted by Gasteiger charge is -2.16. The fraction of sp³-hybridized carbons (Fsp3) is 0.556. The smallest absolute Gasteiger partial charge is 0.0701 e. The Bertz CT molecular complexity index is 265. The summed E-state index contributed by atoms with van der Waals surface area (Å²) in [7, 11) is 0. The SMILES string of the molecule is CC(C)(N)CSCc1csc(Br)c1.